The third-order valence-corrected chi connectivity index (χ3v) is 4.90. The summed E-state index contributed by atoms with van der Waals surface area (Å²) in [4.78, 5) is 32.1. The van der Waals surface area contributed by atoms with Crippen LogP contribution < -0.4 is 5.32 Å². The first-order valence-corrected chi connectivity index (χ1v) is 9.05. The normalized spacial score (nSPS) is 12.4. The smallest absolute Gasteiger partial charge is 0.253 e. The number of para-hydroxylation sites is 1. The summed E-state index contributed by atoms with van der Waals surface area (Å²) in [6.07, 6.45) is 0. The van der Waals surface area contributed by atoms with E-state index in [4.69, 9.17) is 16.6 Å². The summed E-state index contributed by atoms with van der Waals surface area (Å²) in [5.74, 6) is -0.256. The molecular weight excluding hydrogens is 362 g/mol. The van der Waals surface area contributed by atoms with Crippen molar-refractivity contribution in [3.05, 3.63) is 64.2 Å². The number of aromatic nitrogens is 1. The van der Waals surface area contributed by atoms with Crippen LogP contribution >= 0.6 is 11.6 Å². The van der Waals surface area contributed by atoms with Gasteiger partial charge < -0.3 is 10.2 Å². The lowest BCUT2D eigenvalue weighted by Gasteiger charge is -2.12. The van der Waals surface area contributed by atoms with Gasteiger partial charge in [0.15, 0.2) is 5.78 Å². The number of benzene rings is 2. The van der Waals surface area contributed by atoms with Gasteiger partial charge in [-0.25, -0.2) is 4.98 Å². The second-order valence-corrected chi connectivity index (χ2v) is 7.28. The average Bonchev–Trinajstić information content (AvgIpc) is 2.90. The van der Waals surface area contributed by atoms with Crippen molar-refractivity contribution in [2.75, 3.05) is 27.2 Å². The Kier molecular flexibility index (Phi) is 4.42. The lowest BCUT2D eigenvalue weighted by molar-refractivity contribution is 0.0952. The predicted molar refractivity (Wildman–Crippen MR) is 107 cm³/mol. The second kappa shape index (κ2) is 6.76. The maximum Gasteiger partial charge on any atom is 0.253 e. The van der Waals surface area contributed by atoms with E-state index in [2.05, 4.69) is 5.32 Å². The molecule has 2 aromatic carbocycles. The van der Waals surface area contributed by atoms with Gasteiger partial charge >= 0.3 is 0 Å². The lowest BCUT2D eigenvalue weighted by Crippen LogP contribution is -2.31. The zero-order chi connectivity index (χ0) is 19.1. The van der Waals surface area contributed by atoms with Crippen LogP contribution in [0.15, 0.2) is 42.5 Å². The predicted octanol–water partition coefficient (Wildman–Crippen LogP) is 3.39. The molecule has 5 nitrogen and oxygen atoms in total. The molecule has 0 fully saturated rings. The first-order chi connectivity index (χ1) is 13.0. The van der Waals surface area contributed by atoms with E-state index in [1.165, 1.54) is 0 Å². The number of carbonyl (C=O) groups excluding carboxylic acids is 2. The molecule has 0 unspecified atom stereocenters. The fraction of sp³-hybridized carbons (Fsp3) is 0.190. The Bertz CT molecular complexity index is 1090. The molecule has 0 radical (unpaired) electrons. The molecule has 3 aromatic rings. The van der Waals surface area contributed by atoms with Gasteiger partial charge in [-0.15, -0.1) is 0 Å². The Morgan fingerprint density at radius 1 is 1.11 bits per heavy atom. The first-order valence-electron chi connectivity index (χ1n) is 8.67. The van der Waals surface area contributed by atoms with Gasteiger partial charge in [0.25, 0.3) is 5.91 Å². The molecule has 0 saturated heterocycles. The molecule has 0 saturated carbocycles. The fourth-order valence-corrected chi connectivity index (χ4v) is 3.48. The highest BCUT2D eigenvalue weighted by Crippen LogP contribution is 2.38. The number of likely N-dealkylation sites (N-methyl/N-ethyl adjacent to an activating group) is 1. The summed E-state index contributed by atoms with van der Waals surface area (Å²) in [7, 11) is 3.91. The van der Waals surface area contributed by atoms with Crippen molar-refractivity contribution in [2.45, 2.75) is 0 Å². The lowest BCUT2D eigenvalue weighted by atomic mass is 10.0. The van der Waals surface area contributed by atoms with Crippen LogP contribution in [0.3, 0.4) is 0 Å². The number of rotatable bonds is 4. The number of nitrogens with one attached hydrogen (secondary N) is 1. The van der Waals surface area contributed by atoms with Crippen LogP contribution in [-0.4, -0.2) is 48.8 Å². The van der Waals surface area contributed by atoms with Crippen LogP contribution in [0.25, 0.3) is 22.2 Å². The molecule has 1 N–H and O–H groups in total. The Morgan fingerprint density at radius 3 is 2.70 bits per heavy atom. The fourth-order valence-electron chi connectivity index (χ4n) is 3.30. The Balaban J connectivity index is 1.79. The van der Waals surface area contributed by atoms with E-state index in [9.17, 15) is 9.59 Å². The largest absolute Gasteiger partial charge is 0.351 e. The first kappa shape index (κ1) is 17.6. The van der Waals surface area contributed by atoms with Crippen LogP contribution in [0.2, 0.25) is 5.02 Å². The van der Waals surface area contributed by atoms with E-state index in [0.29, 0.717) is 39.5 Å². The van der Waals surface area contributed by atoms with E-state index in [1.54, 1.807) is 30.3 Å². The van der Waals surface area contributed by atoms with E-state index in [1.807, 2.05) is 31.1 Å². The van der Waals surface area contributed by atoms with Crippen molar-refractivity contribution in [2.24, 2.45) is 0 Å². The van der Waals surface area contributed by atoms with Gasteiger partial charge in [0, 0.05) is 40.2 Å². The van der Waals surface area contributed by atoms with Crippen molar-refractivity contribution in [1.29, 1.82) is 0 Å². The van der Waals surface area contributed by atoms with Crippen LogP contribution in [-0.2, 0) is 0 Å². The summed E-state index contributed by atoms with van der Waals surface area (Å²) in [6.45, 7) is 1.30. The molecule has 27 heavy (non-hydrogen) atoms. The maximum absolute atomic E-state index is 12.7. The molecular formula is C21H18ClN3O2. The topological polar surface area (TPSA) is 62.3 Å². The van der Waals surface area contributed by atoms with Gasteiger partial charge in [-0.2, -0.15) is 0 Å². The van der Waals surface area contributed by atoms with Gasteiger partial charge in [0.2, 0.25) is 0 Å². The van der Waals surface area contributed by atoms with Crippen molar-refractivity contribution < 1.29 is 9.59 Å². The van der Waals surface area contributed by atoms with Gasteiger partial charge in [0.05, 0.1) is 16.8 Å². The second-order valence-electron chi connectivity index (χ2n) is 6.84. The summed E-state index contributed by atoms with van der Waals surface area (Å²) in [5, 5.41) is 4.20. The minimum Gasteiger partial charge on any atom is -0.351 e. The monoisotopic (exact) mass is 379 g/mol. The SMILES string of the molecule is CN(C)CCNC(=O)c1cccc2cc3c(nc12)-c1ccc(Cl)cc1C3=O. The standard InChI is InChI=1S/C21H18ClN3O2/c1-25(2)9-8-23-21(27)15-5-3-4-12-10-17-19(24-18(12)15)14-7-6-13(22)11-16(14)20(17)26/h3-7,10-11H,8-9H2,1-2H3,(H,23,27). The van der Waals surface area contributed by atoms with E-state index in [0.717, 1.165) is 17.5 Å². The number of hydrogen-bond acceptors (Lipinski definition) is 4. The zero-order valence-corrected chi connectivity index (χ0v) is 15.8. The zero-order valence-electron chi connectivity index (χ0n) is 15.0. The molecule has 4 rings (SSSR count). The number of nitrogens with zero attached hydrogens (tertiary/aromatic N) is 2. The highest BCUT2D eigenvalue weighted by Gasteiger charge is 2.29. The molecule has 0 atom stereocenters. The summed E-state index contributed by atoms with van der Waals surface area (Å²) in [5.41, 5.74) is 3.55. The summed E-state index contributed by atoms with van der Waals surface area (Å²) >= 11 is 6.04. The van der Waals surface area contributed by atoms with Gasteiger partial charge in [-0.1, -0.05) is 29.8 Å². The summed E-state index contributed by atoms with van der Waals surface area (Å²) in [6, 6.07) is 12.5. The molecule has 6 heteroatoms. The molecule has 1 amide bonds. The molecule has 0 bridgehead atoms. The Labute approximate surface area is 162 Å². The highest BCUT2D eigenvalue weighted by molar-refractivity contribution is 6.32. The van der Waals surface area contributed by atoms with Gasteiger partial charge in [0.1, 0.15) is 0 Å². The van der Waals surface area contributed by atoms with Crippen molar-refractivity contribution >= 4 is 34.2 Å². The Hall–Kier alpha value is -2.76. The van der Waals surface area contributed by atoms with Crippen molar-refractivity contribution in [1.82, 2.24) is 15.2 Å². The number of ketones is 1. The average molecular weight is 380 g/mol. The number of carbonyl (C=O) groups is 2. The maximum atomic E-state index is 12.7. The van der Waals surface area contributed by atoms with Crippen LogP contribution in [0, 0.1) is 0 Å². The highest BCUT2D eigenvalue weighted by atomic mass is 35.5. The molecule has 1 aromatic heterocycles. The third-order valence-electron chi connectivity index (χ3n) is 4.66. The minimum absolute atomic E-state index is 0.0854. The van der Waals surface area contributed by atoms with Crippen LogP contribution in [0.1, 0.15) is 26.3 Å². The number of halogens is 1. The van der Waals surface area contributed by atoms with E-state index in [-0.39, 0.29) is 11.7 Å². The number of amides is 1. The molecule has 1 aliphatic carbocycles. The van der Waals surface area contributed by atoms with Crippen molar-refractivity contribution in [3.8, 4) is 11.3 Å². The molecule has 0 aliphatic heterocycles. The quantitative estimate of drug-likeness (QED) is 0.590. The number of pyridine rings is 1. The number of hydrogen-bond donors (Lipinski definition) is 1. The van der Waals surface area contributed by atoms with E-state index >= 15 is 0 Å². The Morgan fingerprint density at radius 2 is 1.93 bits per heavy atom. The van der Waals surface area contributed by atoms with Crippen LogP contribution in [0.5, 0.6) is 0 Å². The van der Waals surface area contributed by atoms with E-state index < -0.39 is 0 Å². The van der Waals surface area contributed by atoms with Gasteiger partial charge in [-0.05, 0) is 38.4 Å². The molecule has 1 aliphatic rings. The molecule has 136 valence electrons. The molecule has 1 heterocycles. The van der Waals surface area contributed by atoms with Gasteiger partial charge in [-0.3, -0.25) is 9.59 Å². The molecule has 0 spiro atoms. The van der Waals surface area contributed by atoms with Crippen molar-refractivity contribution in [3.63, 3.8) is 0 Å². The third kappa shape index (κ3) is 3.09. The minimum atomic E-state index is -0.171. The van der Waals surface area contributed by atoms with Crippen LogP contribution in [0.4, 0.5) is 0 Å². The number of fused-ring (bicyclic) bond motifs is 4. The summed E-state index contributed by atoms with van der Waals surface area (Å²) < 4.78 is 0.